The van der Waals surface area contributed by atoms with Gasteiger partial charge < -0.3 is 14.9 Å². The molecule has 0 unspecified atom stereocenters. The summed E-state index contributed by atoms with van der Waals surface area (Å²) in [6.07, 6.45) is 14.4. The summed E-state index contributed by atoms with van der Waals surface area (Å²) in [5.74, 6) is -4.54. The Bertz CT molecular complexity index is 552. The minimum Gasteiger partial charge on any atom is -0.460 e. The van der Waals surface area contributed by atoms with Crippen molar-refractivity contribution in [2.24, 2.45) is 11.8 Å². The van der Waals surface area contributed by atoms with Crippen molar-refractivity contribution in [2.75, 3.05) is 6.61 Å². The van der Waals surface area contributed by atoms with E-state index in [-0.39, 0.29) is 18.9 Å². The molecule has 166 valence electrons. The van der Waals surface area contributed by atoms with Crippen LogP contribution in [0.25, 0.3) is 0 Å². The first-order valence-corrected chi connectivity index (χ1v) is 11.2. The fourth-order valence-corrected chi connectivity index (χ4v) is 3.89. The maximum atomic E-state index is 12.2. The van der Waals surface area contributed by atoms with Gasteiger partial charge in [-0.3, -0.25) is 9.59 Å². The average Bonchev–Trinajstić information content (AvgIpc) is 3.03. The van der Waals surface area contributed by atoms with Gasteiger partial charge in [0, 0.05) is 18.8 Å². The summed E-state index contributed by atoms with van der Waals surface area (Å²) >= 11 is 0. The molecule has 2 atom stereocenters. The van der Waals surface area contributed by atoms with Gasteiger partial charge in [-0.1, -0.05) is 51.2 Å². The Morgan fingerprint density at radius 2 is 1.83 bits per heavy atom. The van der Waals surface area contributed by atoms with Gasteiger partial charge in [-0.15, -0.1) is 0 Å². The molecule has 0 amide bonds. The lowest BCUT2D eigenvalue weighted by Crippen LogP contribution is -2.43. The maximum Gasteiger partial charge on any atom is 0.380 e. The molecule has 0 aliphatic heterocycles. The lowest BCUT2D eigenvalue weighted by Gasteiger charge is -2.19. The standard InChI is InChI=1S/C23H38O6/c1-3-5-6-7-8-10-13-18-15-16-20(24)19(18)14-11-9-12-17-23(27,28)21(25)22(26)29-4-2/h10,13,18-19,27-28H,3-9,11-12,14-17H2,1-2H3/t18-,19+/m0/s1. The molecule has 1 aliphatic carbocycles. The highest BCUT2D eigenvalue weighted by Gasteiger charge is 2.38. The van der Waals surface area contributed by atoms with Gasteiger partial charge in [0.1, 0.15) is 5.78 Å². The molecule has 1 aliphatic rings. The number of hydrogen-bond donors (Lipinski definition) is 2. The highest BCUT2D eigenvalue weighted by molar-refractivity contribution is 6.36. The topological polar surface area (TPSA) is 101 Å². The number of carbonyl (C=O) groups excluding carboxylic acids is 3. The first kappa shape index (κ1) is 25.5. The molecule has 0 heterocycles. The first-order valence-electron chi connectivity index (χ1n) is 11.2. The second-order valence-electron chi connectivity index (χ2n) is 8.02. The number of Topliss-reactive ketones (excluding diaryl/α,β-unsaturated/α-hetero) is 2. The Kier molecular flexibility index (Phi) is 12.0. The zero-order valence-electron chi connectivity index (χ0n) is 18.0. The Morgan fingerprint density at radius 1 is 1.10 bits per heavy atom. The normalized spacial score (nSPS) is 19.8. The van der Waals surface area contributed by atoms with E-state index in [4.69, 9.17) is 0 Å². The summed E-state index contributed by atoms with van der Waals surface area (Å²) in [6.45, 7) is 3.75. The van der Waals surface area contributed by atoms with Crippen molar-refractivity contribution in [1.82, 2.24) is 0 Å². The van der Waals surface area contributed by atoms with Crippen molar-refractivity contribution in [3.8, 4) is 0 Å². The molecule has 1 rings (SSSR count). The quantitative estimate of drug-likeness (QED) is 0.140. The van der Waals surface area contributed by atoms with E-state index in [2.05, 4.69) is 23.8 Å². The number of rotatable bonds is 15. The van der Waals surface area contributed by atoms with Crippen molar-refractivity contribution < 1.29 is 29.3 Å². The van der Waals surface area contributed by atoms with Crippen LogP contribution < -0.4 is 0 Å². The van der Waals surface area contributed by atoms with Gasteiger partial charge in [0.05, 0.1) is 6.61 Å². The van der Waals surface area contributed by atoms with E-state index < -0.39 is 17.5 Å². The van der Waals surface area contributed by atoms with Gasteiger partial charge in [0.15, 0.2) is 0 Å². The van der Waals surface area contributed by atoms with Crippen LogP contribution in [0.5, 0.6) is 0 Å². The van der Waals surface area contributed by atoms with Crippen LogP contribution in [-0.4, -0.2) is 40.1 Å². The summed E-state index contributed by atoms with van der Waals surface area (Å²) in [5, 5.41) is 19.6. The van der Waals surface area contributed by atoms with E-state index in [1.165, 1.54) is 25.7 Å². The first-order chi connectivity index (χ1) is 13.8. The Balaban J connectivity index is 2.32. The van der Waals surface area contributed by atoms with Gasteiger partial charge in [0.25, 0.3) is 5.78 Å². The third kappa shape index (κ3) is 9.22. The number of ketones is 2. The van der Waals surface area contributed by atoms with E-state index >= 15 is 0 Å². The third-order valence-electron chi connectivity index (χ3n) is 5.63. The summed E-state index contributed by atoms with van der Waals surface area (Å²) in [5.41, 5.74) is 0. The molecule has 1 fully saturated rings. The van der Waals surface area contributed by atoms with Gasteiger partial charge >= 0.3 is 5.97 Å². The molecule has 0 aromatic carbocycles. The molecule has 0 radical (unpaired) electrons. The smallest absolute Gasteiger partial charge is 0.380 e. The van der Waals surface area contributed by atoms with Gasteiger partial charge in [-0.05, 0) is 44.9 Å². The molecule has 29 heavy (non-hydrogen) atoms. The summed E-state index contributed by atoms with van der Waals surface area (Å²) in [4.78, 5) is 35.2. The molecule has 6 nitrogen and oxygen atoms in total. The van der Waals surface area contributed by atoms with Crippen LogP contribution >= 0.6 is 0 Å². The number of hydrogen-bond acceptors (Lipinski definition) is 6. The minimum absolute atomic E-state index is 0.00439. The van der Waals surface area contributed by atoms with Crippen molar-refractivity contribution in [3.63, 3.8) is 0 Å². The van der Waals surface area contributed by atoms with Crippen LogP contribution in [0.4, 0.5) is 0 Å². The molecule has 0 aromatic heterocycles. The van der Waals surface area contributed by atoms with Crippen LogP contribution in [0.2, 0.25) is 0 Å². The summed E-state index contributed by atoms with van der Waals surface area (Å²) < 4.78 is 4.52. The van der Waals surface area contributed by atoms with E-state index in [0.29, 0.717) is 31.0 Å². The number of unbranched alkanes of at least 4 members (excludes halogenated alkanes) is 6. The number of esters is 1. The Hall–Kier alpha value is -1.53. The van der Waals surface area contributed by atoms with E-state index in [1.807, 2.05) is 0 Å². The van der Waals surface area contributed by atoms with Crippen LogP contribution in [-0.2, 0) is 19.1 Å². The molecule has 2 N–H and O–H groups in total. The Labute approximate surface area is 174 Å². The molecule has 0 spiro atoms. The monoisotopic (exact) mass is 410 g/mol. The SMILES string of the molecule is CCCCCCC=C[C@H]1CCC(=O)[C@@H]1CCCCCC(O)(O)C(=O)C(=O)OCC. The van der Waals surface area contributed by atoms with E-state index in [1.54, 1.807) is 6.92 Å². The van der Waals surface area contributed by atoms with Gasteiger partial charge in [-0.25, -0.2) is 4.79 Å². The summed E-state index contributed by atoms with van der Waals surface area (Å²) in [6, 6.07) is 0. The average molecular weight is 411 g/mol. The molecule has 0 aromatic rings. The van der Waals surface area contributed by atoms with Crippen LogP contribution in [0.15, 0.2) is 12.2 Å². The maximum absolute atomic E-state index is 12.2. The minimum atomic E-state index is -2.68. The van der Waals surface area contributed by atoms with Crippen LogP contribution in [0.1, 0.15) is 90.9 Å². The number of allylic oxidation sites excluding steroid dienone is 2. The zero-order valence-corrected chi connectivity index (χ0v) is 18.0. The molecule has 1 saturated carbocycles. The number of carbonyl (C=O) groups is 3. The van der Waals surface area contributed by atoms with E-state index in [9.17, 15) is 24.6 Å². The molecular formula is C23H38O6. The molecule has 0 bridgehead atoms. The predicted molar refractivity (Wildman–Crippen MR) is 111 cm³/mol. The van der Waals surface area contributed by atoms with Crippen molar-refractivity contribution >= 4 is 17.5 Å². The van der Waals surface area contributed by atoms with Crippen molar-refractivity contribution in [3.05, 3.63) is 12.2 Å². The lowest BCUT2D eigenvalue weighted by molar-refractivity contribution is -0.193. The fraction of sp³-hybridized carbons (Fsp3) is 0.783. The lowest BCUT2D eigenvalue weighted by atomic mass is 9.89. The number of ether oxygens (including phenoxy) is 1. The second-order valence-corrected chi connectivity index (χ2v) is 8.02. The molecule has 0 saturated heterocycles. The largest absolute Gasteiger partial charge is 0.460 e. The second kappa shape index (κ2) is 13.6. The number of aliphatic hydroxyl groups is 2. The third-order valence-corrected chi connectivity index (χ3v) is 5.63. The Morgan fingerprint density at radius 3 is 2.52 bits per heavy atom. The van der Waals surface area contributed by atoms with Gasteiger partial charge in [-0.2, -0.15) is 0 Å². The summed E-state index contributed by atoms with van der Waals surface area (Å²) in [7, 11) is 0. The highest BCUT2D eigenvalue weighted by atomic mass is 16.6. The fourth-order valence-electron chi connectivity index (χ4n) is 3.89. The van der Waals surface area contributed by atoms with E-state index in [0.717, 1.165) is 25.7 Å². The van der Waals surface area contributed by atoms with Crippen LogP contribution in [0, 0.1) is 11.8 Å². The molecular weight excluding hydrogens is 372 g/mol. The highest BCUT2D eigenvalue weighted by Crippen LogP contribution is 2.34. The molecule has 6 heteroatoms. The van der Waals surface area contributed by atoms with Crippen molar-refractivity contribution in [1.29, 1.82) is 0 Å². The van der Waals surface area contributed by atoms with Crippen LogP contribution in [0.3, 0.4) is 0 Å². The van der Waals surface area contributed by atoms with Crippen molar-refractivity contribution in [2.45, 2.75) is 96.7 Å². The van der Waals surface area contributed by atoms with Gasteiger partial charge in [0.2, 0.25) is 5.79 Å². The predicted octanol–water partition coefficient (Wildman–Crippen LogP) is 3.87. The zero-order chi connectivity index (χ0) is 21.7.